The van der Waals surface area contributed by atoms with E-state index in [2.05, 4.69) is 23.3 Å². The second-order valence-electron chi connectivity index (χ2n) is 4.29. The summed E-state index contributed by atoms with van der Waals surface area (Å²) < 4.78 is 0. The average molecular weight is 270 g/mol. The molecule has 4 nitrogen and oxygen atoms in total. The van der Waals surface area contributed by atoms with Crippen molar-refractivity contribution in [1.82, 2.24) is 10.3 Å². The summed E-state index contributed by atoms with van der Waals surface area (Å²) in [6, 6.07) is 2.11. The minimum absolute atomic E-state index is 0.203. The van der Waals surface area contributed by atoms with E-state index in [-0.39, 0.29) is 6.61 Å². The molecule has 0 spiro atoms. The van der Waals surface area contributed by atoms with Crippen LogP contribution in [0.5, 0.6) is 0 Å². The molecule has 5 heteroatoms. The van der Waals surface area contributed by atoms with Crippen LogP contribution < -0.4 is 5.32 Å². The van der Waals surface area contributed by atoms with Gasteiger partial charge in [-0.1, -0.05) is 13.0 Å². The van der Waals surface area contributed by atoms with Gasteiger partial charge in [-0.25, -0.2) is 4.98 Å². The summed E-state index contributed by atoms with van der Waals surface area (Å²) in [6.07, 6.45) is 2.31. The Morgan fingerprint density at radius 3 is 2.89 bits per heavy atom. The molecule has 1 rings (SSSR count). The van der Waals surface area contributed by atoms with E-state index in [4.69, 9.17) is 5.11 Å². The molecule has 0 saturated heterocycles. The van der Waals surface area contributed by atoms with Gasteiger partial charge >= 0.3 is 0 Å². The first kappa shape index (κ1) is 15.4. The molecule has 0 radical (unpaired) electrons. The molecule has 0 bridgehead atoms. The summed E-state index contributed by atoms with van der Waals surface area (Å²) in [5, 5.41) is 22.3. The highest BCUT2D eigenvalue weighted by molar-refractivity contribution is 7.99. The molecule has 3 N–H and O–H groups in total. The second kappa shape index (κ2) is 8.48. The maximum Gasteiger partial charge on any atom is 0.0990 e. The lowest BCUT2D eigenvalue weighted by atomic mass is 10.2. The van der Waals surface area contributed by atoms with E-state index < -0.39 is 6.10 Å². The van der Waals surface area contributed by atoms with Crippen molar-refractivity contribution >= 4 is 11.8 Å². The zero-order valence-corrected chi connectivity index (χ0v) is 11.8. The van der Waals surface area contributed by atoms with Crippen LogP contribution in [0.25, 0.3) is 0 Å². The Bertz CT molecular complexity index is 361. The minimum Gasteiger partial charge on any atom is -0.394 e. The predicted molar refractivity (Wildman–Crippen MR) is 74.8 cm³/mol. The fourth-order valence-corrected chi connectivity index (χ4v) is 2.38. The fourth-order valence-electron chi connectivity index (χ4n) is 1.51. The molecule has 0 aliphatic carbocycles. The highest BCUT2D eigenvalue weighted by atomic mass is 32.2. The van der Waals surface area contributed by atoms with Crippen molar-refractivity contribution < 1.29 is 10.2 Å². The van der Waals surface area contributed by atoms with Gasteiger partial charge in [-0.05, 0) is 31.0 Å². The molecule has 0 aliphatic heterocycles. The van der Waals surface area contributed by atoms with Gasteiger partial charge in [-0.15, -0.1) is 11.8 Å². The van der Waals surface area contributed by atoms with Crippen LogP contribution >= 0.6 is 11.8 Å². The van der Waals surface area contributed by atoms with Gasteiger partial charge in [0.2, 0.25) is 0 Å². The Morgan fingerprint density at radius 1 is 1.50 bits per heavy atom. The number of aromatic nitrogens is 1. The molecule has 102 valence electrons. The van der Waals surface area contributed by atoms with Gasteiger partial charge in [0.05, 0.1) is 17.7 Å². The topological polar surface area (TPSA) is 65.4 Å². The monoisotopic (exact) mass is 270 g/mol. The SMILES string of the molecule is CCCNCc1cnc(SCC(O)CO)c(C)c1. The van der Waals surface area contributed by atoms with Gasteiger partial charge in [0.25, 0.3) is 0 Å². The third-order valence-corrected chi connectivity index (χ3v) is 3.72. The Hall–Kier alpha value is -0.620. The van der Waals surface area contributed by atoms with Crippen LogP contribution in [0.1, 0.15) is 24.5 Å². The Balaban J connectivity index is 2.51. The molecule has 0 amide bonds. The van der Waals surface area contributed by atoms with Gasteiger partial charge in [0.15, 0.2) is 0 Å². The van der Waals surface area contributed by atoms with Crippen LogP contribution in [0.3, 0.4) is 0 Å². The van der Waals surface area contributed by atoms with E-state index in [1.165, 1.54) is 17.3 Å². The first-order valence-corrected chi connectivity index (χ1v) is 7.23. The van der Waals surface area contributed by atoms with E-state index in [1.54, 1.807) is 0 Å². The van der Waals surface area contributed by atoms with Gasteiger partial charge in [0, 0.05) is 18.5 Å². The number of hydrogen-bond donors (Lipinski definition) is 3. The van der Waals surface area contributed by atoms with E-state index in [9.17, 15) is 5.11 Å². The molecule has 0 saturated carbocycles. The summed E-state index contributed by atoms with van der Waals surface area (Å²) in [4.78, 5) is 4.39. The number of hydrogen-bond acceptors (Lipinski definition) is 5. The highest BCUT2D eigenvalue weighted by Gasteiger charge is 2.07. The zero-order chi connectivity index (χ0) is 13.4. The summed E-state index contributed by atoms with van der Waals surface area (Å²) >= 11 is 1.48. The fraction of sp³-hybridized carbons (Fsp3) is 0.615. The molecule has 1 aromatic rings. The van der Waals surface area contributed by atoms with Crippen molar-refractivity contribution in [2.75, 3.05) is 18.9 Å². The molecular weight excluding hydrogens is 248 g/mol. The molecule has 0 aromatic carbocycles. The van der Waals surface area contributed by atoms with E-state index in [0.29, 0.717) is 5.75 Å². The van der Waals surface area contributed by atoms with Crippen LogP contribution in [-0.2, 0) is 6.54 Å². The van der Waals surface area contributed by atoms with Crippen molar-refractivity contribution in [3.05, 3.63) is 23.4 Å². The lowest BCUT2D eigenvalue weighted by Gasteiger charge is -2.10. The quantitative estimate of drug-likeness (QED) is 0.491. The van der Waals surface area contributed by atoms with Crippen molar-refractivity contribution in [3.63, 3.8) is 0 Å². The van der Waals surface area contributed by atoms with Crippen molar-refractivity contribution in [3.8, 4) is 0 Å². The summed E-state index contributed by atoms with van der Waals surface area (Å²) in [5.41, 5.74) is 2.29. The number of thioether (sulfide) groups is 1. The zero-order valence-electron chi connectivity index (χ0n) is 11.0. The summed E-state index contributed by atoms with van der Waals surface area (Å²) in [5.74, 6) is 0.470. The van der Waals surface area contributed by atoms with Crippen LogP contribution in [0, 0.1) is 6.92 Å². The second-order valence-corrected chi connectivity index (χ2v) is 5.30. The normalized spacial score (nSPS) is 12.7. The average Bonchev–Trinajstić information content (AvgIpc) is 2.37. The predicted octanol–water partition coefficient (Wildman–Crippen LogP) is 1.33. The van der Waals surface area contributed by atoms with Gasteiger partial charge < -0.3 is 15.5 Å². The number of nitrogens with zero attached hydrogens (tertiary/aromatic N) is 1. The van der Waals surface area contributed by atoms with Crippen molar-refractivity contribution in [1.29, 1.82) is 0 Å². The number of aliphatic hydroxyl groups excluding tert-OH is 2. The number of aryl methyl sites for hydroxylation is 1. The Kier molecular flexibility index (Phi) is 7.27. The van der Waals surface area contributed by atoms with Gasteiger partial charge in [0.1, 0.15) is 0 Å². The molecular formula is C13H22N2O2S. The van der Waals surface area contributed by atoms with E-state index in [0.717, 1.165) is 30.1 Å². The lowest BCUT2D eigenvalue weighted by molar-refractivity contribution is 0.113. The first-order valence-electron chi connectivity index (χ1n) is 6.25. The van der Waals surface area contributed by atoms with E-state index in [1.807, 2.05) is 13.1 Å². The van der Waals surface area contributed by atoms with Crippen molar-refractivity contribution in [2.24, 2.45) is 0 Å². The van der Waals surface area contributed by atoms with Crippen molar-refractivity contribution in [2.45, 2.75) is 37.9 Å². The van der Waals surface area contributed by atoms with Crippen LogP contribution in [-0.4, -0.2) is 40.2 Å². The molecule has 18 heavy (non-hydrogen) atoms. The minimum atomic E-state index is -0.679. The number of pyridine rings is 1. The first-order chi connectivity index (χ1) is 8.67. The number of rotatable bonds is 8. The third kappa shape index (κ3) is 5.35. The Morgan fingerprint density at radius 2 is 2.28 bits per heavy atom. The molecule has 1 unspecified atom stereocenters. The largest absolute Gasteiger partial charge is 0.394 e. The molecule has 0 fully saturated rings. The Labute approximate surface area is 113 Å². The molecule has 0 aliphatic rings. The van der Waals surface area contributed by atoms with E-state index >= 15 is 0 Å². The molecule has 1 aromatic heterocycles. The molecule has 1 atom stereocenters. The standard InChI is InChI=1S/C13H22N2O2S/c1-3-4-14-6-11-5-10(2)13(15-7-11)18-9-12(17)8-16/h5,7,12,14,16-17H,3-4,6,8-9H2,1-2H3. The van der Waals surface area contributed by atoms with Crippen LogP contribution in [0.4, 0.5) is 0 Å². The number of nitrogens with one attached hydrogen (secondary N) is 1. The molecule has 1 heterocycles. The maximum atomic E-state index is 9.30. The third-order valence-electron chi connectivity index (χ3n) is 2.47. The van der Waals surface area contributed by atoms with Gasteiger partial charge in [-0.3, -0.25) is 0 Å². The summed E-state index contributed by atoms with van der Waals surface area (Å²) in [6.45, 7) is 5.81. The summed E-state index contributed by atoms with van der Waals surface area (Å²) in [7, 11) is 0. The smallest absolute Gasteiger partial charge is 0.0990 e. The lowest BCUT2D eigenvalue weighted by Crippen LogP contribution is -2.15. The maximum absolute atomic E-state index is 9.30. The van der Waals surface area contributed by atoms with Crippen LogP contribution in [0.15, 0.2) is 17.3 Å². The van der Waals surface area contributed by atoms with Gasteiger partial charge in [-0.2, -0.15) is 0 Å². The number of aliphatic hydroxyl groups is 2. The van der Waals surface area contributed by atoms with Crippen LogP contribution in [0.2, 0.25) is 0 Å². The highest BCUT2D eigenvalue weighted by Crippen LogP contribution is 2.21.